The summed E-state index contributed by atoms with van der Waals surface area (Å²) in [5.41, 5.74) is 0. The lowest BCUT2D eigenvalue weighted by atomic mass is 10.1. The van der Waals surface area contributed by atoms with Crippen LogP contribution in [0.3, 0.4) is 0 Å². The molecule has 2 unspecified atom stereocenters. The Bertz CT molecular complexity index is 354. The lowest BCUT2D eigenvalue weighted by Gasteiger charge is -2.36. The molecule has 24 heavy (non-hydrogen) atoms. The second kappa shape index (κ2) is 13.5. The largest absolute Gasteiger partial charge is 0.390 e. The predicted octanol–water partition coefficient (Wildman–Crippen LogP) is 5.08. The van der Waals surface area contributed by atoms with Gasteiger partial charge in [-0.25, -0.2) is 0 Å². The molecule has 1 rings (SSSR count). The SMILES string of the molecule is CCCCCCC/C=C/CCCCCC1NC=C[N+]1(CC)CCO. The fourth-order valence-corrected chi connectivity index (χ4v) is 3.67. The van der Waals surface area contributed by atoms with Crippen molar-refractivity contribution in [2.24, 2.45) is 0 Å². The first-order valence-corrected chi connectivity index (χ1v) is 10.3. The Morgan fingerprint density at radius 2 is 1.62 bits per heavy atom. The van der Waals surface area contributed by atoms with Gasteiger partial charge in [0.2, 0.25) is 0 Å². The lowest BCUT2D eigenvalue weighted by Crippen LogP contribution is -2.54. The molecule has 0 bridgehead atoms. The first-order chi connectivity index (χ1) is 11.8. The predicted molar refractivity (Wildman–Crippen MR) is 104 cm³/mol. The van der Waals surface area contributed by atoms with Crippen molar-refractivity contribution in [1.29, 1.82) is 0 Å². The average molecular weight is 338 g/mol. The zero-order valence-corrected chi connectivity index (χ0v) is 16.2. The molecule has 0 saturated heterocycles. The summed E-state index contributed by atoms with van der Waals surface area (Å²) in [4.78, 5) is 0. The minimum atomic E-state index is 0.263. The van der Waals surface area contributed by atoms with Gasteiger partial charge in [-0.2, -0.15) is 0 Å². The first kappa shape index (κ1) is 21.2. The Morgan fingerprint density at radius 1 is 0.958 bits per heavy atom. The van der Waals surface area contributed by atoms with Crippen LogP contribution in [-0.4, -0.2) is 35.5 Å². The zero-order chi connectivity index (χ0) is 17.5. The number of nitrogens with one attached hydrogen (secondary N) is 1. The number of hydrogen-bond acceptors (Lipinski definition) is 2. The Balaban J connectivity index is 2.02. The molecule has 2 N–H and O–H groups in total. The number of rotatable bonds is 15. The van der Waals surface area contributed by atoms with Crippen LogP contribution in [0.5, 0.6) is 0 Å². The average Bonchev–Trinajstić information content (AvgIpc) is 2.99. The van der Waals surface area contributed by atoms with Gasteiger partial charge in [0.25, 0.3) is 0 Å². The van der Waals surface area contributed by atoms with Crippen LogP contribution in [0.15, 0.2) is 24.6 Å². The number of likely N-dealkylation sites (N-methyl/N-ethyl adjacent to an activating group) is 1. The highest BCUT2D eigenvalue weighted by Crippen LogP contribution is 2.22. The Morgan fingerprint density at radius 3 is 2.25 bits per heavy atom. The van der Waals surface area contributed by atoms with Crippen molar-refractivity contribution in [3.63, 3.8) is 0 Å². The van der Waals surface area contributed by atoms with Gasteiger partial charge < -0.3 is 10.4 Å². The molecule has 0 radical (unpaired) electrons. The molecule has 0 saturated carbocycles. The summed E-state index contributed by atoms with van der Waals surface area (Å²) in [6.45, 7) is 6.63. The molecule has 0 aliphatic carbocycles. The molecule has 0 aromatic rings. The Kier molecular flexibility index (Phi) is 11.9. The maximum absolute atomic E-state index is 9.33. The third-order valence-corrected chi connectivity index (χ3v) is 5.38. The summed E-state index contributed by atoms with van der Waals surface area (Å²) in [7, 11) is 0. The van der Waals surface area contributed by atoms with Crippen molar-refractivity contribution >= 4 is 0 Å². The number of quaternary nitrogens is 1. The minimum Gasteiger partial charge on any atom is -0.390 e. The van der Waals surface area contributed by atoms with Crippen molar-refractivity contribution in [2.45, 2.75) is 90.6 Å². The summed E-state index contributed by atoms with van der Waals surface area (Å²) >= 11 is 0. The quantitative estimate of drug-likeness (QED) is 0.248. The highest BCUT2D eigenvalue weighted by atomic mass is 16.3. The summed E-state index contributed by atoms with van der Waals surface area (Å²) in [5, 5.41) is 12.8. The fourth-order valence-electron chi connectivity index (χ4n) is 3.67. The molecule has 0 aromatic heterocycles. The standard InChI is InChI=1S/C21H41N2O/c1-3-5-6-7-8-9-10-11-12-13-14-15-16-21-22-17-18-23(21,4-2)19-20-24/h10-11,17-18,21-22,24H,3-9,12-16,19-20H2,1-2H3/q+1/b11-10+. The number of aliphatic hydroxyl groups excluding tert-OH is 1. The lowest BCUT2D eigenvalue weighted by molar-refractivity contribution is -0.900. The van der Waals surface area contributed by atoms with Gasteiger partial charge in [0, 0.05) is 6.42 Å². The second-order valence-electron chi connectivity index (χ2n) is 7.18. The van der Waals surface area contributed by atoms with E-state index in [-0.39, 0.29) is 6.61 Å². The van der Waals surface area contributed by atoms with Crippen molar-refractivity contribution in [1.82, 2.24) is 5.32 Å². The van der Waals surface area contributed by atoms with Gasteiger partial charge in [0.1, 0.15) is 12.7 Å². The monoisotopic (exact) mass is 337 g/mol. The molecular weight excluding hydrogens is 296 g/mol. The van der Waals surface area contributed by atoms with E-state index in [0.717, 1.165) is 17.6 Å². The van der Waals surface area contributed by atoms with Crippen molar-refractivity contribution in [3.05, 3.63) is 24.6 Å². The van der Waals surface area contributed by atoms with Crippen LogP contribution in [0.2, 0.25) is 0 Å². The molecule has 0 spiro atoms. The highest BCUT2D eigenvalue weighted by molar-refractivity contribution is 4.84. The van der Waals surface area contributed by atoms with E-state index in [0.29, 0.717) is 6.17 Å². The van der Waals surface area contributed by atoms with E-state index in [2.05, 4.69) is 43.7 Å². The summed E-state index contributed by atoms with van der Waals surface area (Å²) < 4.78 is 0.897. The van der Waals surface area contributed by atoms with E-state index >= 15 is 0 Å². The number of aliphatic hydroxyl groups is 1. The van der Waals surface area contributed by atoms with Gasteiger partial charge in [-0.1, -0.05) is 51.2 Å². The fraction of sp³-hybridized carbons (Fsp3) is 0.810. The third-order valence-electron chi connectivity index (χ3n) is 5.38. The summed E-state index contributed by atoms with van der Waals surface area (Å²) in [6.07, 6.45) is 24.0. The van der Waals surface area contributed by atoms with Crippen LogP contribution in [-0.2, 0) is 0 Å². The molecule has 0 amide bonds. The molecule has 3 nitrogen and oxygen atoms in total. The molecule has 0 aromatic carbocycles. The molecule has 140 valence electrons. The Labute approximate surface area is 150 Å². The van der Waals surface area contributed by atoms with E-state index in [9.17, 15) is 5.11 Å². The van der Waals surface area contributed by atoms with Crippen LogP contribution in [0.1, 0.15) is 84.5 Å². The maximum Gasteiger partial charge on any atom is 0.166 e. The van der Waals surface area contributed by atoms with E-state index in [1.807, 2.05) is 0 Å². The molecule has 1 aliphatic rings. The van der Waals surface area contributed by atoms with Gasteiger partial charge >= 0.3 is 0 Å². The molecule has 3 heteroatoms. The van der Waals surface area contributed by atoms with Crippen LogP contribution in [0.25, 0.3) is 0 Å². The van der Waals surface area contributed by atoms with Crippen LogP contribution in [0, 0.1) is 0 Å². The van der Waals surface area contributed by atoms with E-state index < -0.39 is 0 Å². The van der Waals surface area contributed by atoms with Gasteiger partial charge in [-0.15, -0.1) is 0 Å². The smallest absolute Gasteiger partial charge is 0.166 e. The van der Waals surface area contributed by atoms with Gasteiger partial charge in [0.15, 0.2) is 6.17 Å². The maximum atomic E-state index is 9.33. The van der Waals surface area contributed by atoms with Gasteiger partial charge in [0.05, 0.1) is 19.4 Å². The topological polar surface area (TPSA) is 32.3 Å². The summed E-state index contributed by atoms with van der Waals surface area (Å²) in [6, 6.07) is 0. The molecule has 1 aliphatic heterocycles. The number of unbranched alkanes of at least 4 members (excludes halogenated alkanes) is 8. The van der Waals surface area contributed by atoms with Crippen LogP contribution < -0.4 is 5.32 Å². The van der Waals surface area contributed by atoms with E-state index in [1.165, 1.54) is 70.6 Å². The van der Waals surface area contributed by atoms with Gasteiger partial charge in [-0.05, 0) is 39.0 Å². The van der Waals surface area contributed by atoms with Crippen LogP contribution in [0.4, 0.5) is 0 Å². The normalized spacial score (nSPS) is 23.2. The number of allylic oxidation sites excluding steroid dienone is 2. The summed E-state index contributed by atoms with van der Waals surface area (Å²) in [5.74, 6) is 0. The third kappa shape index (κ3) is 7.85. The van der Waals surface area contributed by atoms with Crippen LogP contribution >= 0.6 is 0 Å². The Hall–Kier alpha value is -0.800. The molecular formula is C21H41N2O+. The van der Waals surface area contributed by atoms with E-state index in [1.54, 1.807) is 0 Å². The highest BCUT2D eigenvalue weighted by Gasteiger charge is 2.35. The minimum absolute atomic E-state index is 0.263. The second-order valence-corrected chi connectivity index (χ2v) is 7.18. The number of nitrogens with zero attached hydrogens (tertiary/aromatic N) is 1. The van der Waals surface area contributed by atoms with Gasteiger partial charge in [-0.3, -0.25) is 4.48 Å². The molecule has 2 atom stereocenters. The first-order valence-electron chi connectivity index (χ1n) is 10.3. The zero-order valence-electron chi connectivity index (χ0n) is 16.2. The number of hydrogen-bond donors (Lipinski definition) is 2. The molecule has 0 fully saturated rings. The molecule has 1 heterocycles. The van der Waals surface area contributed by atoms with Crippen molar-refractivity contribution in [2.75, 3.05) is 19.7 Å². The van der Waals surface area contributed by atoms with Crippen molar-refractivity contribution in [3.8, 4) is 0 Å². The van der Waals surface area contributed by atoms with Crippen molar-refractivity contribution < 1.29 is 9.59 Å². The van der Waals surface area contributed by atoms with E-state index in [4.69, 9.17) is 0 Å².